The molecule has 0 rings (SSSR count). The predicted molar refractivity (Wildman–Crippen MR) is 23.6 cm³/mol. The Kier molecular flexibility index (Phi) is 3.65. The second kappa shape index (κ2) is 3.48. The molecular weight excluding hydrogens is 122 g/mol. The lowest BCUT2D eigenvalue weighted by atomic mass is 12.0. The fraction of sp³-hybridized carbons (Fsp3) is 1.00. The van der Waals surface area contributed by atoms with Gasteiger partial charge in [-0.05, 0) is 0 Å². The van der Waals surface area contributed by atoms with E-state index in [4.69, 9.17) is 0 Å². The first kappa shape index (κ1) is 6.29. The van der Waals surface area contributed by atoms with E-state index >= 15 is 0 Å². The average Bonchev–Trinajstić information content (AvgIpc) is 1.35. The standard InChI is InChI=1S/CH4O3P2/c1-6(3)4-5-2/h6H,1H3. The molecule has 0 heterocycles. The summed E-state index contributed by atoms with van der Waals surface area (Å²) < 4.78 is 23.1. The first-order valence-corrected chi connectivity index (χ1v) is 3.82. The fourth-order valence-electron chi connectivity index (χ4n) is 0.0525. The van der Waals surface area contributed by atoms with Crippen molar-refractivity contribution in [2.45, 2.75) is 0 Å². The monoisotopic (exact) mass is 126 g/mol. The van der Waals surface area contributed by atoms with Crippen molar-refractivity contribution in [1.29, 1.82) is 0 Å². The van der Waals surface area contributed by atoms with Crippen molar-refractivity contribution in [2.75, 3.05) is 6.66 Å². The molecule has 3 nitrogen and oxygen atoms in total. The maximum Gasteiger partial charge on any atom is 0.333 e. The zero-order valence-corrected chi connectivity index (χ0v) is 5.07. The van der Waals surface area contributed by atoms with Crippen molar-refractivity contribution in [2.24, 2.45) is 0 Å². The molecule has 36 valence electrons. The molecular formula is CH4O3P2. The van der Waals surface area contributed by atoms with E-state index in [1.165, 1.54) is 6.66 Å². The third-order valence-corrected chi connectivity index (χ3v) is 1.49. The van der Waals surface area contributed by atoms with Crippen LogP contribution in [0.25, 0.3) is 0 Å². The molecule has 0 aliphatic rings. The van der Waals surface area contributed by atoms with Gasteiger partial charge in [0, 0.05) is 6.66 Å². The molecule has 1 atom stereocenters. The van der Waals surface area contributed by atoms with Gasteiger partial charge in [-0.15, -0.1) is 0 Å². The van der Waals surface area contributed by atoms with Gasteiger partial charge < -0.3 is 0 Å². The minimum Gasteiger partial charge on any atom is -0.296 e. The minimum absolute atomic E-state index is 0.493. The van der Waals surface area contributed by atoms with Gasteiger partial charge in [-0.3, -0.25) is 4.57 Å². The molecule has 6 heavy (non-hydrogen) atoms. The molecule has 0 amide bonds. The van der Waals surface area contributed by atoms with E-state index in [9.17, 15) is 9.13 Å². The molecule has 0 radical (unpaired) electrons. The van der Waals surface area contributed by atoms with E-state index in [0.29, 0.717) is 0 Å². The Balaban J connectivity index is 3.05. The van der Waals surface area contributed by atoms with Crippen LogP contribution in [0.15, 0.2) is 0 Å². The summed E-state index contributed by atoms with van der Waals surface area (Å²) in [5.41, 5.74) is 0. The predicted octanol–water partition coefficient (Wildman–Crippen LogP) is 1.31. The second-order valence-electron chi connectivity index (χ2n) is 0.657. The largest absolute Gasteiger partial charge is 0.333 e. The van der Waals surface area contributed by atoms with Crippen LogP contribution in [0.1, 0.15) is 0 Å². The van der Waals surface area contributed by atoms with Crippen LogP contribution < -0.4 is 0 Å². The van der Waals surface area contributed by atoms with E-state index in [1.807, 2.05) is 0 Å². The van der Waals surface area contributed by atoms with Crippen LogP contribution in [-0.4, -0.2) is 6.66 Å². The second-order valence-corrected chi connectivity index (χ2v) is 2.52. The van der Waals surface area contributed by atoms with Gasteiger partial charge in [0.15, 0.2) is 8.03 Å². The normalized spacial score (nSPS) is 14.8. The van der Waals surface area contributed by atoms with Gasteiger partial charge in [-0.1, -0.05) is 0 Å². The van der Waals surface area contributed by atoms with Crippen molar-refractivity contribution in [1.82, 2.24) is 0 Å². The zero-order chi connectivity index (χ0) is 4.99. The van der Waals surface area contributed by atoms with E-state index in [0.717, 1.165) is 0 Å². The highest BCUT2D eigenvalue weighted by molar-refractivity contribution is 7.45. The molecule has 0 aliphatic heterocycles. The highest BCUT2D eigenvalue weighted by Gasteiger charge is 1.81. The van der Waals surface area contributed by atoms with Crippen molar-refractivity contribution < 1.29 is 13.4 Å². The van der Waals surface area contributed by atoms with Crippen molar-refractivity contribution in [3.8, 4) is 0 Å². The maximum atomic E-state index is 9.80. The van der Waals surface area contributed by atoms with Crippen LogP contribution in [-0.2, 0) is 13.4 Å². The Hall–Kier alpha value is 0.290. The molecule has 1 unspecified atom stereocenters. The van der Waals surface area contributed by atoms with E-state index in [2.05, 4.69) is 4.31 Å². The quantitative estimate of drug-likeness (QED) is 0.524. The summed E-state index contributed by atoms with van der Waals surface area (Å²) >= 11 is 0. The number of rotatable bonds is 2. The third kappa shape index (κ3) is 4.29. The van der Waals surface area contributed by atoms with Crippen molar-refractivity contribution in [3.05, 3.63) is 0 Å². The number of hydrogen-bond acceptors (Lipinski definition) is 3. The minimum atomic E-state index is -1.96. The molecule has 0 saturated heterocycles. The summed E-state index contributed by atoms with van der Waals surface area (Å²) in [6.07, 6.45) is 0. The van der Waals surface area contributed by atoms with Crippen LogP contribution in [0.3, 0.4) is 0 Å². The van der Waals surface area contributed by atoms with Crippen LogP contribution in [0.4, 0.5) is 0 Å². The summed E-state index contributed by atoms with van der Waals surface area (Å²) in [6, 6.07) is 0. The van der Waals surface area contributed by atoms with E-state index in [1.54, 1.807) is 0 Å². The summed E-state index contributed by atoms with van der Waals surface area (Å²) in [5, 5.41) is 0. The molecule has 0 aromatic heterocycles. The molecule has 0 N–H and O–H groups in total. The van der Waals surface area contributed by atoms with Gasteiger partial charge in [0.2, 0.25) is 0 Å². The molecule has 0 aromatic carbocycles. The smallest absolute Gasteiger partial charge is 0.296 e. The van der Waals surface area contributed by atoms with Gasteiger partial charge in [0.25, 0.3) is 0 Å². The van der Waals surface area contributed by atoms with Crippen LogP contribution in [0.2, 0.25) is 0 Å². The van der Waals surface area contributed by atoms with Gasteiger partial charge in [0.05, 0.1) is 0 Å². The van der Waals surface area contributed by atoms with Gasteiger partial charge in [-0.2, -0.15) is 0 Å². The van der Waals surface area contributed by atoms with Gasteiger partial charge in [-0.25, -0.2) is 8.88 Å². The molecule has 0 bridgehead atoms. The SMILES string of the molecule is C[PH](=O)OP=O. The number of hydrogen-bond donors (Lipinski definition) is 0. The third-order valence-electron chi connectivity index (χ3n) is 0.166. The topological polar surface area (TPSA) is 43.4 Å². The Morgan fingerprint density at radius 3 is 2.33 bits per heavy atom. The summed E-state index contributed by atoms with van der Waals surface area (Å²) in [5.74, 6) is 0. The molecule has 5 heteroatoms. The van der Waals surface area contributed by atoms with Gasteiger partial charge >= 0.3 is 8.69 Å². The molecule has 0 fully saturated rings. The summed E-state index contributed by atoms with van der Waals surface area (Å²) in [7, 11) is -2.45. The fourth-order valence-corrected chi connectivity index (χ4v) is 0.472. The molecule has 0 spiro atoms. The highest BCUT2D eigenvalue weighted by atomic mass is 31.2. The van der Waals surface area contributed by atoms with Crippen LogP contribution in [0, 0.1) is 0 Å². The Morgan fingerprint density at radius 1 is 1.83 bits per heavy atom. The van der Waals surface area contributed by atoms with Crippen LogP contribution >= 0.6 is 16.7 Å². The zero-order valence-electron chi connectivity index (χ0n) is 3.17. The summed E-state index contributed by atoms with van der Waals surface area (Å²) in [4.78, 5) is 0. The van der Waals surface area contributed by atoms with Crippen LogP contribution in [0.5, 0.6) is 0 Å². The van der Waals surface area contributed by atoms with E-state index < -0.39 is 16.7 Å². The van der Waals surface area contributed by atoms with Crippen molar-refractivity contribution in [3.63, 3.8) is 0 Å². The lowest BCUT2D eigenvalue weighted by Crippen LogP contribution is -1.45. The first-order chi connectivity index (χ1) is 2.77. The molecule has 0 aliphatic carbocycles. The molecule has 0 saturated carbocycles. The Morgan fingerprint density at radius 2 is 2.33 bits per heavy atom. The molecule has 0 aromatic rings. The Labute approximate surface area is 37.9 Å². The lowest BCUT2D eigenvalue weighted by molar-refractivity contribution is 0.506. The highest BCUT2D eigenvalue weighted by Crippen LogP contribution is 2.21. The lowest BCUT2D eigenvalue weighted by Gasteiger charge is -1.76. The van der Waals surface area contributed by atoms with Crippen molar-refractivity contribution >= 4 is 16.7 Å². The van der Waals surface area contributed by atoms with E-state index in [-0.39, 0.29) is 0 Å². The Bertz CT molecular complexity index is 69.2. The first-order valence-electron chi connectivity index (χ1n) is 1.27. The maximum absolute atomic E-state index is 9.80. The summed E-state index contributed by atoms with van der Waals surface area (Å²) in [6.45, 7) is 1.37. The van der Waals surface area contributed by atoms with Gasteiger partial charge in [0.1, 0.15) is 0 Å². The average molecular weight is 126 g/mol.